The standard InChI is InChI=1S/C17H29NS/c1-5-11-18-15(16-13(2)9-12-19-16)14-8-6-7-10-17(14,3)4/h9,12,14-15,18H,5-8,10-11H2,1-4H3. The van der Waals surface area contributed by atoms with Crippen LogP contribution in [0, 0.1) is 18.3 Å². The van der Waals surface area contributed by atoms with E-state index in [1.807, 2.05) is 11.3 Å². The first-order chi connectivity index (χ1) is 9.06. The molecule has 1 N–H and O–H groups in total. The third kappa shape index (κ3) is 3.41. The van der Waals surface area contributed by atoms with Gasteiger partial charge in [0.2, 0.25) is 0 Å². The lowest BCUT2D eigenvalue weighted by Gasteiger charge is -2.43. The first-order valence-electron chi connectivity index (χ1n) is 7.83. The number of aryl methyl sites for hydroxylation is 1. The summed E-state index contributed by atoms with van der Waals surface area (Å²) in [5, 5.41) is 6.10. The zero-order valence-electron chi connectivity index (χ0n) is 13.0. The van der Waals surface area contributed by atoms with E-state index in [1.54, 1.807) is 4.88 Å². The van der Waals surface area contributed by atoms with Gasteiger partial charge in [0.25, 0.3) is 0 Å². The summed E-state index contributed by atoms with van der Waals surface area (Å²) >= 11 is 1.94. The van der Waals surface area contributed by atoms with Crippen molar-refractivity contribution in [2.24, 2.45) is 11.3 Å². The fourth-order valence-electron chi connectivity index (χ4n) is 3.56. The summed E-state index contributed by atoms with van der Waals surface area (Å²) in [5.41, 5.74) is 1.94. The fourth-order valence-corrected chi connectivity index (χ4v) is 4.63. The largest absolute Gasteiger partial charge is 0.309 e. The normalized spacial score (nSPS) is 24.3. The van der Waals surface area contributed by atoms with E-state index in [2.05, 4.69) is 44.5 Å². The molecule has 1 aliphatic rings. The molecule has 0 saturated heterocycles. The molecular weight excluding hydrogens is 250 g/mol. The average molecular weight is 279 g/mol. The number of nitrogens with one attached hydrogen (secondary N) is 1. The molecule has 0 amide bonds. The molecular formula is C17H29NS. The van der Waals surface area contributed by atoms with Crippen LogP contribution in [0.4, 0.5) is 0 Å². The van der Waals surface area contributed by atoms with Crippen molar-refractivity contribution in [3.63, 3.8) is 0 Å². The molecule has 0 aromatic carbocycles. The lowest BCUT2D eigenvalue weighted by molar-refractivity contribution is 0.0992. The van der Waals surface area contributed by atoms with Crippen LogP contribution >= 0.6 is 11.3 Å². The third-order valence-electron chi connectivity index (χ3n) is 4.79. The molecule has 2 atom stereocenters. The Hall–Kier alpha value is -0.340. The van der Waals surface area contributed by atoms with Crippen LogP contribution in [-0.4, -0.2) is 6.54 Å². The molecule has 0 spiro atoms. The summed E-state index contributed by atoms with van der Waals surface area (Å²) in [4.78, 5) is 1.58. The molecule has 0 radical (unpaired) electrons. The van der Waals surface area contributed by atoms with E-state index in [9.17, 15) is 0 Å². The van der Waals surface area contributed by atoms with Crippen molar-refractivity contribution in [3.8, 4) is 0 Å². The number of hydrogen-bond donors (Lipinski definition) is 1. The Morgan fingerprint density at radius 1 is 1.42 bits per heavy atom. The van der Waals surface area contributed by atoms with Crippen LogP contribution < -0.4 is 5.32 Å². The minimum atomic E-state index is 0.472. The summed E-state index contributed by atoms with van der Waals surface area (Å²) in [5.74, 6) is 0.783. The Bertz CT molecular complexity index is 394. The fraction of sp³-hybridized carbons (Fsp3) is 0.765. The Kier molecular flexibility index (Phi) is 5.08. The lowest BCUT2D eigenvalue weighted by Crippen LogP contribution is -2.39. The van der Waals surface area contributed by atoms with Gasteiger partial charge >= 0.3 is 0 Å². The molecule has 1 fully saturated rings. The monoisotopic (exact) mass is 279 g/mol. The predicted molar refractivity (Wildman–Crippen MR) is 85.8 cm³/mol. The minimum absolute atomic E-state index is 0.472. The maximum absolute atomic E-state index is 3.85. The molecule has 1 aromatic rings. The van der Waals surface area contributed by atoms with Gasteiger partial charge < -0.3 is 5.32 Å². The molecule has 2 rings (SSSR count). The van der Waals surface area contributed by atoms with Gasteiger partial charge in [0.15, 0.2) is 0 Å². The van der Waals surface area contributed by atoms with Crippen LogP contribution in [0.3, 0.4) is 0 Å². The molecule has 0 aliphatic heterocycles. The average Bonchev–Trinajstić information content (AvgIpc) is 2.78. The second-order valence-corrected chi connectivity index (χ2v) is 7.69. The van der Waals surface area contributed by atoms with E-state index < -0.39 is 0 Å². The highest BCUT2D eigenvalue weighted by Gasteiger charge is 2.38. The SMILES string of the molecule is CCCNC(c1sccc1C)C1CCCCC1(C)C. The molecule has 19 heavy (non-hydrogen) atoms. The molecule has 108 valence electrons. The highest BCUT2D eigenvalue weighted by Crippen LogP contribution is 2.48. The van der Waals surface area contributed by atoms with Crippen molar-refractivity contribution in [3.05, 3.63) is 21.9 Å². The third-order valence-corrected chi connectivity index (χ3v) is 5.89. The van der Waals surface area contributed by atoms with Gasteiger partial charge in [0, 0.05) is 10.9 Å². The van der Waals surface area contributed by atoms with Crippen molar-refractivity contribution in [1.29, 1.82) is 0 Å². The molecule has 0 bridgehead atoms. The molecule has 1 aliphatic carbocycles. The Morgan fingerprint density at radius 2 is 2.21 bits per heavy atom. The van der Waals surface area contributed by atoms with Gasteiger partial charge in [-0.05, 0) is 61.1 Å². The van der Waals surface area contributed by atoms with E-state index in [-0.39, 0.29) is 0 Å². The quantitative estimate of drug-likeness (QED) is 0.770. The zero-order chi connectivity index (χ0) is 13.9. The highest BCUT2D eigenvalue weighted by atomic mass is 32.1. The lowest BCUT2D eigenvalue weighted by atomic mass is 9.65. The van der Waals surface area contributed by atoms with Crippen LogP contribution in [0.25, 0.3) is 0 Å². The van der Waals surface area contributed by atoms with Gasteiger partial charge in [-0.1, -0.05) is 33.6 Å². The van der Waals surface area contributed by atoms with Crippen LogP contribution in [0.2, 0.25) is 0 Å². The van der Waals surface area contributed by atoms with Crippen LogP contribution in [0.1, 0.15) is 69.4 Å². The van der Waals surface area contributed by atoms with Crippen LogP contribution in [0.15, 0.2) is 11.4 Å². The van der Waals surface area contributed by atoms with E-state index in [0.29, 0.717) is 11.5 Å². The number of rotatable bonds is 5. The Morgan fingerprint density at radius 3 is 2.79 bits per heavy atom. The van der Waals surface area contributed by atoms with Gasteiger partial charge in [-0.15, -0.1) is 11.3 Å². The number of thiophene rings is 1. The van der Waals surface area contributed by atoms with E-state index in [0.717, 1.165) is 12.5 Å². The van der Waals surface area contributed by atoms with E-state index >= 15 is 0 Å². The number of hydrogen-bond acceptors (Lipinski definition) is 2. The summed E-state index contributed by atoms with van der Waals surface area (Å²) < 4.78 is 0. The van der Waals surface area contributed by atoms with Gasteiger partial charge in [0.05, 0.1) is 0 Å². The predicted octanol–water partition coefficient (Wildman–Crippen LogP) is 5.31. The van der Waals surface area contributed by atoms with Gasteiger partial charge in [-0.2, -0.15) is 0 Å². The van der Waals surface area contributed by atoms with Crippen molar-refractivity contribution in [1.82, 2.24) is 5.32 Å². The maximum Gasteiger partial charge on any atom is 0.0451 e. The molecule has 1 heterocycles. The summed E-state index contributed by atoms with van der Waals surface area (Å²) in [6.07, 6.45) is 6.79. The molecule has 1 nitrogen and oxygen atoms in total. The van der Waals surface area contributed by atoms with Crippen LogP contribution in [-0.2, 0) is 0 Å². The van der Waals surface area contributed by atoms with Crippen molar-refractivity contribution >= 4 is 11.3 Å². The second kappa shape index (κ2) is 6.41. The smallest absolute Gasteiger partial charge is 0.0451 e. The second-order valence-electron chi connectivity index (χ2n) is 6.74. The molecule has 2 heteroatoms. The summed E-state index contributed by atoms with van der Waals surface area (Å²) in [6, 6.07) is 2.84. The first-order valence-corrected chi connectivity index (χ1v) is 8.71. The highest BCUT2D eigenvalue weighted by molar-refractivity contribution is 7.10. The molecule has 1 aromatic heterocycles. The minimum Gasteiger partial charge on any atom is -0.309 e. The van der Waals surface area contributed by atoms with Crippen molar-refractivity contribution < 1.29 is 0 Å². The topological polar surface area (TPSA) is 12.0 Å². The molecule has 1 saturated carbocycles. The molecule has 2 unspecified atom stereocenters. The Balaban J connectivity index is 2.24. The Labute approximate surface area is 122 Å². The zero-order valence-corrected chi connectivity index (χ0v) is 13.8. The summed E-state index contributed by atoms with van der Waals surface area (Å²) in [7, 11) is 0. The van der Waals surface area contributed by atoms with Gasteiger partial charge in [-0.3, -0.25) is 0 Å². The van der Waals surface area contributed by atoms with E-state index in [4.69, 9.17) is 0 Å². The summed E-state index contributed by atoms with van der Waals surface area (Å²) in [6.45, 7) is 10.6. The van der Waals surface area contributed by atoms with Crippen molar-refractivity contribution in [2.45, 2.75) is 65.8 Å². The van der Waals surface area contributed by atoms with E-state index in [1.165, 1.54) is 37.7 Å². The first kappa shape index (κ1) is 15.1. The van der Waals surface area contributed by atoms with Crippen LogP contribution in [0.5, 0.6) is 0 Å². The van der Waals surface area contributed by atoms with Crippen molar-refractivity contribution in [2.75, 3.05) is 6.54 Å². The van der Waals surface area contributed by atoms with Gasteiger partial charge in [-0.25, -0.2) is 0 Å². The maximum atomic E-state index is 3.85. The van der Waals surface area contributed by atoms with Gasteiger partial charge in [0.1, 0.15) is 0 Å².